The van der Waals surface area contributed by atoms with E-state index >= 15 is 0 Å². The van der Waals surface area contributed by atoms with Gasteiger partial charge in [-0.05, 0) is 37.3 Å². The molecule has 0 aliphatic rings. The maximum atomic E-state index is 6.28. The van der Waals surface area contributed by atoms with E-state index in [2.05, 4.69) is 15.5 Å². The van der Waals surface area contributed by atoms with Crippen LogP contribution in [-0.4, -0.2) is 10.2 Å². The van der Waals surface area contributed by atoms with Crippen LogP contribution in [0.15, 0.2) is 45.4 Å². The van der Waals surface area contributed by atoms with Crippen molar-refractivity contribution in [3.63, 3.8) is 0 Å². The molecular formula is C17H18ClN3O3. The van der Waals surface area contributed by atoms with E-state index in [-0.39, 0.29) is 6.04 Å². The Bertz CT molecular complexity index is 786. The molecular weight excluding hydrogens is 330 g/mol. The third kappa shape index (κ3) is 3.89. The van der Waals surface area contributed by atoms with Gasteiger partial charge in [-0.25, -0.2) is 0 Å². The first-order valence-corrected chi connectivity index (χ1v) is 8.07. The number of rotatable bonds is 7. The van der Waals surface area contributed by atoms with E-state index < -0.39 is 0 Å². The number of hydrogen-bond donors (Lipinski definition) is 1. The van der Waals surface area contributed by atoms with Crippen LogP contribution in [0.1, 0.15) is 37.4 Å². The zero-order chi connectivity index (χ0) is 16.9. The maximum absolute atomic E-state index is 6.28. The average Bonchev–Trinajstić information content (AvgIpc) is 3.25. The number of aryl methyl sites for hydroxylation is 1. The number of anilines is 1. The summed E-state index contributed by atoms with van der Waals surface area (Å²) in [5.41, 5.74) is 0.842. The van der Waals surface area contributed by atoms with Gasteiger partial charge < -0.3 is 18.9 Å². The predicted octanol–water partition coefficient (Wildman–Crippen LogP) is 4.63. The van der Waals surface area contributed by atoms with Crippen molar-refractivity contribution in [3.8, 4) is 5.75 Å². The summed E-state index contributed by atoms with van der Waals surface area (Å²) in [5.74, 6) is 2.50. The monoisotopic (exact) mass is 347 g/mol. The first kappa shape index (κ1) is 16.4. The van der Waals surface area contributed by atoms with E-state index in [1.54, 1.807) is 12.3 Å². The van der Waals surface area contributed by atoms with Crippen molar-refractivity contribution in [2.45, 2.75) is 32.9 Å². The smallest absolute Gasteiger partial charge is 0.238 e. The highest BCUT2D eigenvalue weighted by Crippen LogP contribution is 2.30. The number of halogens is 1. The molecule has 0 fully saturated rings. The Morgan fingerprint density at radius 1 is 1.29 bits per heavy atom. The average molecular weight is 348 g/mol. The van der Waals surface area contributed by atoms with Crippen molar-refractivity contribution in [1.82, 2.24) is 10.2 Å². The van der Waals surface area contributed by atoms with Crippen molar-refractivity contribution in [1.29, 1.82) is 0 Å². The van der Waals surface area contributed by atoms with E-state index in [9.17, 15) is 0 Å². The molecule has 0 unspecified atom stereocenters. The van der Waals surface area contributed by atoms with Gasteiger partial charge in [-0.15, -0.1) is 10.2 Å². The van der Waals surface area contributed by atoms with Crippen molar-refractivity contribution < 1.29 is 13.6 Å². The van der Waals surface area contributed by atoms with Gasteiger partial charge in [0.2, 0.25) is 11.8 Å². The molecule has 0 aliphatic heterocycles. The van der Waals surface area contributed by atoms with E-state index in [0.717, 1.165) is 11.4 Å². The second-order valence-corrected chi connectivity index (χ2v) is 5.67. The van der Waals surface area contributed by atoms with Gasteiger partial charge in [0.25, 0.3) is 0 Å². The SMILES string of the molecule is CCc1nnc([C@@H](C)Nc2ccc(OCc3ccco3)c(Cl)c2)o1. The summed E-state index contributed by atoms with van der Waals surface area (Å²) < 4.78 is 16.4. The Labute approximate surface area is 144 Å². The van der Waals surface area contributed by atoms with Crippen molar-refractivity contribution >= 4 is 17.3 Å². The minimum absolute atomic E-state index is 0.122. The van der Waals surface area contributed by atoms with Gasteiger partial charge >= 0.3 is 0 Å². The molecule has 1 atom stereocenters. The van der Waals surface area contributed by atoms with E-state index in [1.807, 2.05) is 38.1 Å². The molecule has 0 saturated carbocycles. The van der Waals surface area contributed by atoms with Crippen LogP contribution in [0.3, 0.4) is 0 Å². The van der Waals surface area contributed by atoms with E-state index in [0.29, 0.717) is 35.6 Å². The molecule has 3 rings (SSSR count). The maximum Gasteiger partial charge on any atom is 0.238 e. The molecule has 7 heteroatoms. The molecule has 24 heavy (non-hydrogen) atoms. The van der Waals surface area contributed by atoms with Crippen LogP contribution in [0.2, 0.25) is 5.02 Å². The number of furan rings is 1. The van der Waals surface area contributed by atoms with Gasteiger partial charge in [0.1, 0.15) is 24.2 Å². The Hall–Kier alpha value is -2.47. The largest absolute Gasteiger partial charge is 0.484 e. The van der Waals surface area contributed by atoms with Gasteiger partial charge in [-0.2, -0.15) is 0 Å². The van der Waals surface area contributed by atoms with Crippen LogP contribution < -0.4 is 10.1 Å². The molecule has 0 aliphatic carbocycles. The number of nitrogens with zero attached hydrogens (tertiary/aromatic N) is 2. The Morgan fingerprint density at radius 3 is 2.83 bits per heavy atom. The highest BCUT2D eigenvalue weighted by Gasteiger charge is 2.14. The fourth-order valence-electron chi connectivity index (χ4n) is 2.15. The second-order valence-electron chi connectivity index (χ2n) is 5.27. The lowest BCUT2D eigenvalue weighted by Gasteiger charge is -2.13. The third-order valence-electron chi connectivity index (χ3n) is 3.42. The molecule has 0 amide bonds. The normalized spacial score (nSPS) is 12.1. The molecule has 1 N–H and O–H groups in total. The van der Waals surface area contributed by atoms with Gasteiger partial charge in [-0.1, -0.05) is 18.5 Å². The summed E-state index contributed by atoms with van der Waals surface area (Å²) in [6, 6.07) is 9.04. The summed E-state index contributed by atoms with van der Waals surface area (Å²) in [7, 11) is 0. The second kappa shape index (κ2) is 7.40. The summed E-state index contributed by atoms with van der Waals surface area (Å²) >= 11 is 6.28. The molecule has 0 bridgehead atoms. The van der Waals surface area contributed by atoms with E-state index in [1.165, 1.54) is 0 Å². The van der Waals surface area contributed by atoms with E-state index in [4.69, 9.17) is 25.2 Å². The third-order valence-corrected chi connectivity index (χ3v) is 3.72. The molecule has 2 heterocycles. The lowest BCUT2D eigenvalue weighted by Crippen LogP contribution is -2.07. The highest BCUT2D eigenvalue weighted by atomic mass is 35.5. The Balaban J connectivity index is 1.63. The number of ether oxygens (including phenoxy) is 1. The number of nitrogens with one attached hydrogen (secondary N) is 1. The number of benzene rings is 1. The first-order chi connectivity index (χ1) is 11.7. The van der Waals surface area contributed by atoms with Crippen LogP contribution in [0, 0.1) is 0 Å². The molecule has 126 valence electrons. The molecule has 1 aromatic carbocycles. The van der Waals surface area contributed by atoms with Gasteiger partial charge in [-0.3, -0.25) is 0 Å². The van der Waals surface area contributed by atoms with Crippen LogP contribution in [0.4, 0.5) is 5.69 Å². The standard InChI is InChI=1S/C17H18ClN3O3/c1-3-16-20-21-17(24-16)11(2)19-12-6-7-15(14(18)9-12)23-10-13-5-4-8-22-13/h4-9,11,19H,3,10H2,1-2H3/t11-/m1/s1. The molecule has 0 radical (unpaired) electrons. The molecule has 0 spiro atoms. The number of aromatic nitrogens is 2. The Morgan fingerprint density at radius 2 is 2.17 bits per heavy atom. The summed E-state index contributed by atoms with van der Waals surface area (Å²) in [6.07, 6.45) is 2.32. The van der Waals surface area contributed by atoms with Crippen LogP contribution in [-0.2, 0) is 13.0 Å². The molecule has 2 aromatic heterocycles. The highest BCUT2D eigenvalue weighted by molar-refractivity contribution is 6.32. The van der Waals surface area contributed by atoms with Gasteiger partial charge in [0.15, 0.2) is 0 Å². The van der Waals surface area contributed by atoms with Crippen LogP contribution in [0.25, 0.3) is 0 Å². The molecule has 0 saturated heterocycles. The lowest BCUT2D eigenvalue weighted by atomic mass is 10.2. The summed E-state index contributed by atoms with van der Waals surface area (Å²) in [6.45, 7) is 4.25. The van der Waals surface area contributed by atoms with Crippen molar-refractivity contribution in [3.05, 3.63) is 59.2 Å². The first-order valence-electron chi connectivity index (χ1n) is 7.69. The minimum atomic E-state index is -0.122. The number of hydrogen-bond acceptors (Lipinski definition) is 6. The van der Waals surface area contributed by atoms with Crippen LogP contribution in [0.5, 0.6) is 5.75 Å². The topological polar surface area (TPSA) is 73.3 Å². The van der Waals surface area contributed by atoms with Gasteiger partial charge in [0, 0.05) is 12.1 Å². The molecule has 3 aromatic rings. The zero-order valence-corrected chi connectivity index (χ0v) is 14.2. The quantitative estimate of drug-likeness (QED) is 0.671. The van der Waals surface area contributed by atoms with Crippen molar-refractivity contribution in [2.75, 3.05) is 5.32 Å². The molecule has 6 nitrogen and oxygen atoms in total. The van der Waals surface area contributed by atoms with Gasteiger partial charge in [0.05, 0.1) is 11.3 Å². The van der Waals surface area contributed by atoms with Crippen LogP contribution >= 0.6 is 11.6 Å². The minimum Gasteiger partial charge on any atom is -0.484 e. The predicted molar refractivity (Wildman–Crippen MR) is 90.2 cm³/mol. The zero-order valence-electron chi connectivity index (χ0n) is 13.5. The Kier molecular flexibility index (Phi) is 5.05. The van der Waals surface area contributed by atoms with Crippen molar-refractivity contribution in [2.24, 2.45) is 0 Å². The lowest BCUT2D eigenvalue weighted by molar-refractivity contribution is 0.270. The fraction of sp³-hybridized carbons (Fsp3) is 0.294. The summed E-state index contributed by atoms with van der Waals surface area (Å²) in [4.78, 5) is 0. The summed E-state index contributed by atoms with van der Waals surface area (Å²) in [5, 5.41) is 11.8. The fourth-order valence-corrected chi connectivity index (χ4v) is 2.38.